The third kappa shape index (κ3) is 2.08. The number of nitrogens with zero attached hydrogens (tertiary/aromatic N) is 1. The van der Waals surface area contributed by atoms with Crippen molar-refractivity contribution in [3.05, 3.63) is 66.0 Å². The lowest BCUT2D eigenvalue weighted by Gasteiger charge is -2.11. The van der Waals surface area contributed by atoms with Gasteiger partial charge in [-0.25, -0.2) is 0 Å². The molecule has 1 heterocycles. The van der Waals surface area contributed by atoms with Crippen LogP contribution in [0.4, 0.5) is 0 Å². The molecule has 1 atom stereocenters. The third-order valence-electron chi connectivity index (χ3n) is 2.36. The monoisotopic (exact) mass is 213 g/mol. The van der Waals surface area contributed by atoms with E-state index < -0.39 is 11.9 Å². The van der Waals surface area contributed by atoms with Gasteiger partial charge in [-0.1, -0.05) is 36.4 Å². The molecule has 3 heteroatoms. The van der Waals surface area contributed by atoms with E-state index in [0.717, 1.165) is 5.56 Å². The summed E-state index contributed by atoms with van der Waals surface area (Å²) in [5.41, 5.74) is 1.30. The van der Waals surface area contributed by atoms with Crippen molar-refractivity contribution >= 4 is 5.97 Å². The molecule has 1 aromatic heterocycles. The molecule has 0 saturated carbocycles. The van der Waals surface area contributed by atoms with Crippen molar-refractivity contribution in [2.45, 2.75) is 5.92 Å². The highest BCUT2D eigenvalue weighted by Gasteiger charge is 2.22. The zero-order chi connectivity index (χ0) is 11.4. The van der Waals surface area contributed by atoms with Gasteiger partial charge in [0.25, 0.3) is 0 Å². The summed E-state index contributed by atoms with van der Waals surface area (Å²) < 4.78 is 0. The van der Waals surface area contributed by atoms with E-state index >= 15 is 0 Å². The predicted octanol–water partition coefficient (Wildman–Crippen LogP) is 2.30. The van der Waals surface area contributed by atoms with Crippen LogP contribution < -0.4 is 0 Å². The number of carboxylic acids is 1. The Morgan fingerprint density at radius 3 is 2.31 bits per heavy atom. The number of carbonyl (C=O) groups is 1. The van der Waals surface area contributed by atoms with Gasteiger partial charge in [0.1, 0.15) is 5.92 Å². The minimum absolute atomic E-state index is 0.557. The standard InChI is InChI=1S/C13H11NO2/c15-13(16)12(10-6-2-1-3-7-10)11-8-4-5-9-14-11/h1-9,12H,(H,15,16)/t12-/m1/s1. The molecule has 0 spiro atoms. The fourth-order valence-corrected chi connectivity index (χ4v) is 1.63. The minimum Gasteiger partial charge on any atom is -0.480 e. The second-order valence-electron chi connectivity index (χ2n) is 3.44. The van der Waals surface area contributed by atoms with Gasteiger partial charge in [0.2, 0.25) is 0 Å². The fourth-order valence-electron chi connectivity index (χ4n) is 1.63. The van der Waals surface area contributed by atoms with Crippen LogP contribution in [0.15, 0.2) is 54.7 Å². The van der Waals surface area contributed by atoms with Gasteiger partial charge < -0.3 is 5.11 Å². The smallest absolute Gasteiger partial charge is 0.317 e. The Morgan fingerprint density at radius 2 is 1.75 bits per heavy atom. The molecule has 0 unspecified atom stereocenters. The Morgan fingerprint density at radius 1 is 1.06 bits per heavy atom. The van der Waals surface area contributed by atoms with Gasteiger partial charge in [-0.15, -0.1) is 0 Å². The van der Waals surface area contributed by atoms with E-state index in [2.05, 4.69) is 4.98 Å². The summed E-state index contributed by atoms with van der Waals surface area (Å²) in [7, 11) is 0. The highest BCUT2D eigenvalue weighted by Crippen LogP contribution is 2.22. The van der Waals surface area contributed by atoms with E-state index in [-0.39, 0.29) is 0 Å². The Bertz CT molecular complexity index is 428. The fraction of sp³-hybridized carbons (Fsp3) is 0.0769. The molecule has 0 radical (unpaired) electrons. The third-order valence-corrected chi connectivity index (χ3v) is 2.36. The molecular weight excluding hydrogens is 202 g/mol. The van der Waals surface area contributed by atoms with E-state index in [1.807, 2.05) is 18.2 Å². The average Bonchev–Trinajstić information content (AvgIpc) is 2.31. The Balaban J connectivity index is 2.44. The van der Waals surface area contributed by atoms with Gasteiger partial charge in [0.05, 0.1) is 5.69 Å². The summed E-state index contributed by atoms with van der Waals surface area (Å²) in [6, 6.07) is 14.4. The molecule has 0 aliphatic carbocycles. The van der Waals surface area contributed by atoms with Gasteiger partial charge >= 0.3 is 5.97 Å². The Hall–Kier alpha value is -2.16. The van der Waals surface area contributed by atoms with Crippen molar-refractivity contribution in [3.8, 4) is 0 Å². The topological polar surface area (TPSA) is 50.2 Å². The maximum Gasteiger partial charge on any atom is 0.317 e. The number of hydrogen-bond acceptors (Lipinski definition) is 2. The summed E-state index contributed by atoms with van der Waals surface area (Å²) in [5.74, 6) is -1.58. The first-order valence-electron chi connectivity index (χ1n) is 4.97. The van der Waals surface area contributed by atoms with Crippen LogP contribution >= 0.6 is 0 Å². The van der Waals surface area contributed by atoms with Crippen molar-refractivity contribution in [2.75, 3.05) is 0 Å². The normalized spacial score (nSPS) is 12.0. The lowest BCUT2D eigenvalue weighted by atomic mass is 9.95. The van der Waals surface area contributed by atoms with Gasteiger partial charge in [-0.3, -0.25) is 9.78 Å². The number of carboxylic acid groups (broad SMARTS) is 1. The van der Waals surface area contributed by atoms with E-state index in [1.165, 1.54) is 0 Å². The summed E-state index contributed by atoms with van der Waals surface area (Å²) in [5, 5.41) is 9.24. The molecule has 3 nitrogen and oxygen atoms in total. The van der Waals surface area contributed by atoms with Crippen LogP contribution in [0.2, 0.25) is 0 Å². The summed E-state index contributed by atoms with van der Waals surface area (Å²) in [6.45, 7) is 0. The second kappa shape index (κ2) is 4.57. The molecule has 0 aliphatic rings. The van der Waals surface area contributed by atoms with E-state index in [0.29, 0.717) is 5.69 Å². The van der Waals surface area contributed by atoms with Crippen molar-refractivity contribution in [1.29, 1.82) is 0 Å². The van der Waals surface area contributed by atoms with Crippen LogP contribution in [-0.4, -0.2) is 16.1 Å². The summed E-state index contributed by atoms with van der Waals surface area (Å²) in [4.78, 5) is 15.4. The summed E-state index contributed by atoms with van der Waals surface area (Å²) >= 11 is 0. The minimum atomic E-state index is -0.884. The maximum absolute atomic E-state index is 11.3. The first-order chi connectivity index (χ1) is 7.79. The highest BCUT2D eigenvalue weighted by molar-refractivity contribution is 5.79. The van der Waals surface area contributed by atoms with Crippen LogP contribution in [0.1, 0.15) is 17.2 Å². The first-order valence-corrected chi connectivity index (χ1v) is 4.97. The number of benzene rings is 1. The van der Waals surface area contributed by atoms with E-state index in [4.69, 9.17) is 0 Å². The number of hydrogen-bond donors (Lipinski definition) is 1. The molecule has 2 aromatic rings. The van der Waals surface area contributed by atoms with Crippen molar-refractivity contribution < 1.29 is 9.90 Å². The highest BCUT2D eigenvalue weighted by atomic mass is 16.4. The van der Waals surface area contributed by atoms with Gasteiger partial charge in [0, 0.05) is 6.20 Å². The molecule has 2 rings (SSSR count). The Labute approximate surface area is 93.4 Å². The first kappa shape index (κ1) is 10.4. The van der Waals surface area contributed by atoms with Crippen LogP contribution in [0.5, 0.6) is 0 Å². The van der Waals surface area contributed by atoms with Crippen molar-refractivity contribution in [1.82, 2.24) is 4.98 Å². The van der Waals surface area contributed by atoms with Crippen LogP contribution in [0.3, 0.4) is 0 Å². The number of aliphatic carboxylic acids is 1. The molecule has 0 saturated heterocycles. The maximum atomic E-state index is 11.3. The van der Waals surface area contributed by atoms with E-state index in [9.17, 15) is 9.90 Å². The molecule has 1 aromatic carbocycles. The number of pyridine rings is 1. The SMILES string of the molecule is O=C(O)[C@H](c1ccccc1)c1ccccn1. The van der Waals surface area contributed by atoms with Gasteiger partial charge in [0.15, 0.2) is 0 Å². The van der Waals surface area contributed by atoms with Crippen molar-refractivity contribution in [3.63, 3.8) is 0 Å². The van der Waals surface area contributed by atoms with E-state index in [1.54, 1.807) is 36.5 Å². The van der Waals surface area contributed by atoms with Gasteiger partial charge in [-0.05, 0) is 17.7 Å². The van der Waals surface area contributed by atoms with Crippen LogP contribution in [0.25, 0.3) is 0 Å². The summed E-state index contributed by atoms with van der Waals surface area (Å²) in [6.07, 6.45) is 1.61. The zero-order valence-corrected chi connectivity index (χ0v) is 8.58. The molecule has 0 bridgehead atoms. The quantitative estimate of drug-likeness (QED) is 0.851. The molecule has 0 aliphatic heterocycles. The lowest BCUT2D eigenvalue weighted by Crippen LogP contribution is -2.14. The lowest BCUT2D eigenvalue weighted by molar-refractivity contribution is -0.137. The molecule has 80 valence electrons. The van der Waals surface area contributed by atoms with Crippen LogP contribution in [-0.2, 0) is 4.79 Å². The molecule has 0 amide bonds. The molecule has 16 heavy (non-hydrogen) atoms. The largest absolute Gasteiger partial charge is 0.480 e. The van der Waals surface area contributed by atoms with Crippen LogP contribution in [0, 0.1) is 0 Å². The number of rotatable bonds is 3. The van der Waals surface area contributed by atoms with Gasteiger partial charge in [-0.2, -0.15) is 0 Å². The Kier molecular flexibility index (Phi) is 2.96. The van der Waals surface area contributed by atoms with Crippen molar-refractivity contribution in [2.24, 2.45) is 0 Å². The molecule has 0 fully saturated rings. The average molecular weight is 213 g/mol. The zero-order valence-electron chi connectivity index (χ0n) is 8.58. The second-order valence-corrected chi connectivity index (χ2v) is 3.44. The molecular formula is C13H11NO2. The number of aromatic nitrogens is 1. The molecule has 1 N–H and O–H groups in total. The predicted molar refractivity (Wildman–Crippen MR) is 60.2 cm³/mol.